The quantitative estimate of drug-likeness (QED) is 0.774. The Morgan fingerprint density at radius 3 is 1.78 bits per heavy atom. The van der Waals surface area contributed by atoms with Gasteiger partial charge in [-0.25, -0.2) is 4.79 Å². The molecule has 0 aromatic heterocycles. The zero-order chi connectivity index (χ0) is 14.7. The zero-order valence-electron chi connectivity index (χ0n) is 12.7. The van der Waals surface area contributed by atoms with Crippen molar-refractivity contribution < 1.29 is 14.5 Å². The van der Waals surface area contributed by atoms with Gasteiger partial charge in [0.25, 0.3) is 0 Å². The van der Waals surface area contributed by atoms with Crippen molar-refractivity contribution in [2.24, 2.45) is 0 Å². The van der Waals surface area contributed by atoms with E-state index in [0.717, 1.165) is 0 Å². The average Bonchev–Trinajstić information content (AvgIpc) is 2.13. The highest BCUT2D eigenvalue weighted by atomic mass is 31.2. The monoisotopic (exact) mass is 277 g/mol. The summed E-state index contributed by atoms with van der Waals surface area (Å²) >= 11 is 0. The Bertz CT molecular complexity index is 320. The summed E-state index contributed by atoms with van der Waals surface area (Å²) in [5.41, 5.74) is -0.244. The van der Waals surface area contributed by atoms with Crippen LogP contribution < -0.4 is 0 Å². The van der Waals surface area contributed by atoms with Gasteiger partial charge in [0, 0.05) is 29.6 Å². The molecule has 0 saturated heterocycles. The summed E-state index contributed by atoms with van der Waals surface area (Å²) in [6.45, 7) is 13.8. The van der Waals surface area contributed by atoms with Gasteiger partial charge in [-0.15, -0.1) is 0 Å². The van der Waals surface area contributed by atoms with Crippen LogP contribution in [0.4, 0.5) is 4.79 Å². The second-order valence-corrected chi connectivity index (χ2v) is 10.6. The molecule has 0 bridgehead atoms. The fourth-order valence-corrected chi connectivity index (χ4v) is 4.82. The van der Waals surface area contributed by atoms with E-state index in [2.05, 4.69) is 0 Å². The van der Waals surface area contributed by atoms with Crippen molar-refractivity contribution in [3.8, 4) is 0 Å². The van der Waals surface area contributed by atoms with E-state index in [1.807, 2.05) is 48.5 Å². The maximum Gasteiger partial charge on any atom is 0.407 e. The minimum atomic E-state index is -2.33. The van der Waals surface area contributed by atoms with Crippen molar-refractivity contribution in [3.63, 3.8) is 0 Å². The van der Waals surface area contributed by atoms with Gasteiger partial charge in [0.15, 0.2) is 0 Å². The van der Waals surface area contributed by atoms with Crippen molar-refractivity contribution in [1.82, 2.24) is 4.90 Å². The highest BCUT2D eigenvalue weighted by Crippen LogP contribution is 2.54. The predicted octanol–water partition coefficient (Wildman–Crippen LogP) is 3.94. The zero-order valence-corrected chi connectivity index (χ0v) is 13.6. The third-order valence-electron chi connectivity index (χ3n) is 3.46. The van der Waals surface area contributed by atoms with Crippen LogP contribution in [0.15, 0.2) is 0 Å². The lowest BCUT2D eigenvalue weighted by molar-refractivity contribution is 0.105. The van der Waals surface area contributed by atoms with E-state index in [1.165, 1.54) is 4.90 Å². The van der Waals surface area contributed by atoms with Gasteiger partial charge >= 0.3 is 6.09 Å². The van der Waals surface area contributed by atoms with Crippen LogP contribution in [0.3, 0.4) is 0 Å². The summed E-state index contributed by atoms with van der Waals surface area (Å²) in [4.78, 5) is 12.6. The Hall–Kier alpha value is -0.500. The summed E-state index contributed by atoms with van der Waals surface area (Å²) in [6, 6.07) is 0. The van der Waals surface area contributed by atoms with Gasteiger partial charge in [0.1, 0.15) is 0 Å². The fraction of sp³-hybridized carbons (Fsp3) is 0.923. The molecule has 0 atom stereocenters. The minimum absolute atomic E-state index is 0.105. The van der Waals surface area contributed by atoms with E-state index in [-0.39, 0.29) is 11.3 Å². The number of amides is 1. The molecule has 0 spiro atoms. The van der Waals surface area contributed by atoms with E-state index < -0.39 is 18.8 Å². The second-order valence-electron chi connectivity index (χ2n) is 6.37. The molecule has 0 aromatic carbocycles. The molecule has 0 aliphatic rings. The van der Waals surface area contributed by atoms with Gasteiger partial charge < -0.3 is 14.6 Å². The largest absolute Gasteiger partial charge is 0.465 e. The third kappa shape index (κ3) is 4.31. The van der Waals surface area contributed by atoms with Crippen LogP contribution in [0.5, 0.6) is 0 Å². The number of carboxylic acid groups (broad SMARTS) is 1. The molecular formula is C13H28NO3P. The molecule has 18 heavy (non-hydrogen) atoms. The molecule has 1 amide bonds. The Morgan fingerprint density at radius 2 is 1.56 bits per heavy atom. The lowest BCUT2D eigenvalue weighted by Gasteiger charge is -2.35. The van der Waals surface area contributed by atoms with Gasteiger partial charge in [0.2, 0.25) is 0 Å². The predicted molar refractivity (Wildman–Crippen MR) is 77.2 cm³/mol. The first-order valence-electron chi connectivity index (χ1n) is 6.52. The van der Waals surface area contributed by atoms with Crippen LogP contribution in [-0.4, -0.2) is 45.7 Å². The smallest absolute Gasteiger partial charge is 0.407 e. The van der Waals surface area contributed by atoms with Gasteiger partial charge in [0.05, 0.1) is 7.14 Å². The van der Waals surface area contributed by atoms with Crippen LogP contribution in [-0.2, 0) is 4.57 Å². The molecule has 0 unspecified atom stereocenters. The Kier molecular flexibility index (Phi) is 5.93. The van der Waals surface area contributed by atoms with Crippen LogP contribution in [0.1, 0.15) is 48.5 Å². The Morgan fingerprint density at radius 1 is 1.17 bits per heavy atom. The topological polar surface area (TPSA) is 57.6 Å². The molecule has 108 valence electrons. The Labute approximate surface area is 111 Å². The lowest BCUT2D eigenvalue weighted by Crippen LogP contribution is -2.46. The van der Waals surface area contributed by atoms with Gasteiger partial charge in [-0.05, 0) is 20.8 Å². The number of carbonyl (C=O) groups is 1. The van der Waals surface area contributed by atoms with Crippen LogP contribution in [0, 0.1) is 0 Å². The molecule has 0 radical (unpaired) electrons. The molecule has 5 heteroatoms. The van der Waals surface area contributed by atoms with E-state index in [0.29, 0.717) is 12.7 Å². The second kappa shape index (κ2) is 6.10. The Balaban J connectivity index is 4.91. The molecule has 0 rings (SSSR count). The first-order valence-corrected chi connectivity index (χ1v) is 8.55. The van der Waals surface area contributed by atoms with Crippen molar-refractivity contribution in [1.29, 1.82) is 0 Å². The van der Waals surface area contributed by atoms with Crippen LogP contribution >= 0.6 is 7.14 Å². The summed E-state index contributed by atoms with van der Waals surface area (Å²) in [5, 5.41) is 9.22. The molecule has 1 N–H and O–H groups in total. The van der Waals surface area contributed by atoms with Crippen molar-refractivity contribution >= 4 is 13.2 Å². The van der Waals surface area contributed by atoms with E-state index in [9.17, 15) is 14.5 Å². The number of nitrogens with zero attached hydrogens (tertiary/aromatic N) is 1. The summed E-state index contributed by atoms with van der Waals surface area (Å²) in [7, 11) is -2.33. The summed E-state index contributed by atoms with van der Waals surface area (Å²) in [6.07, 6.45) is -0.479. The molecule has 0 aliphatic carbocycles. The highest BCUT2D eigenvalue weighted by molar-refractivity contribution is 7.65. The number of hydrogen-bond acceptors (Lipinski definition) is 2. The maximum absolute atomic E-state index is 12.8. The molecule has 0 saturated carbocycles. The molecular weight excluding hydrogens is 249 g/mol. The van der Waals surface area contributed by atoms with Gasteiger partial charge in [-0.2, -0.15) is 0 Å². The van der Waals surface area contributed by atoms with Gasteiger partial charge in [-0.1, -0.05) is 27.7 Å². The van der Waals surface area contributed by atoms with Crippen LogP contribution in [0.25, 0.3) is 0 Å². The highest BCUT2D eigenvalue weighted by Gasteiger charge is 2.33. The summed E-state index contributed by atoms with van der Waals surface area (Å²) in [5.74, 6) is 0. The van der Waals surface area contributed by atoms with Crippen molar-refractivity contribution in [2.75, 3.05) is 12.7 Å². The molecule has 0 aromatic rings. The van der Waals surface area contributed by atoms with Crippen molar-refractivity contribution in [2.45, 2.75) is 65.3 Å². The van der Waals surface area contributed by atoms with Gasteiger partial charge in [-0.3, -0.25) is 0 Å². The normalized spacial score (nSPS) is 13.2. The third-order valence-corrected chi connectivity index (χ3v) is 7.86. The molecule has 4 nitrogen and oxygen atoms in total. The lowest BCUT2D eigenvalue weighted by atomic mass is 10.1. The first kappa shape index (κ1) is 17.5. The standard InChI is InChI=1S/C13H28NO3P/c1-10(2)18(17,11(3)4)9-8-14(12(15)16)13(5,6)7/h10-11H,8-9H2,1-7H3,(H,15,16). The first-order chi connectivity index (χ1) is 7.93. The van der Waals surface area contributed by atoms with E-state index >= 15 is 0 Å². The van der Waals surface area contributed by atoms with Crippen molar-refractivity contribution in [3.05, 3.63) is 0 Å². The number of hydrogen-bond donors (Lipinski definition) is 1. The number of rotatable bonds is 5. The maximum atomic E-state index is 12.8. The van der Waals surface area contributed by atoms with E-state index in [1.54, 1.807) is 0 Å². The molecule has 0 aliphatic heterocycles. The van der Waals surface area contributed by atoms with Crippen LogP contribution in [0.2, 0.25) is 0 Å². The molecule has 0 heterocycles. The molecule has 0 fully saturated rings. The van der Waals surface area contributed by atoms with E-state index in [4.69, 9.17) is 0 Å². The SMILES string of the molecule is CC(C)P(=O)(CCN(C(=O)O)C(C)(C)C)C(C)C. The minimum Gasteiger partial charge on any atom is -0.465 e. The summed E-state index contributed by atoms with van der Waals surface area (Å²) < 4.78 is 12.8. The fourth-order valence-electron chi connectivity index (χ4n) is 2.09. The average molecular weight is 277 g/mol.